The Kier molecular flexibility index (Phi) is 11.5. The van der Waals surface area contributed by atoms with Crippen LogP contribution in [0.15, 0.2) is 24.3 Å². The number of nitrogens with zero attached hydrogens (tertiary/aromatic N) is 3. The predicted molar refractivity (Wildman–Crippen MR) is 168 cm³/mol. The highest BCUT2D eigenvalue weighted by molar-refractivity contribution is 7.15. The van der Waals surface area contributed by atoms with E-state index in [1.165, 1.54) is 4.90 Å². The number of hydrogen-bond donors (Lipinski definition) is 1. The van der Waals surface area contributed by atoms with Crippen LogP contribution >= 0.6 is 11.3 Å². The van der Waals surface area contributed by atoms with Gasteiger partial charge in [-0.25, -0.2) is 14.4 Å². The summed E-state index contributed by atoms with van der Waals surface area (Å²) in [6, 6.07) is 6.42. The Labute approximate surface area is 273 Å². The maximum atomic E-state index is 13.4. The van der Waals surface area contributed by atoms with Crippen molar-refractivity contribution >= 4 is 40.8 Å². The van der Waals surface area contributed by atoms with Crippen LogP contribution in [0.2, 0.25) is 0 Å². The second-order valence-corrected chi connectivity index (χ2v) is 14.7. The van der Waals surface area contributed by atoms with Crippen LogP contribution in [0.25, 0.3) is 0 Å². The highest BCUT2D eigenvalue weighted by atomic mass is 32.1. The van der Waals surface area contributed by atoms with E-state index in [1.54, 1.807) is 81.6 Å². The number of amides is 2. The molecule has 1 aliphatic heterocycles. The third-order valence-electron chi connectivity index (χ3n) is 6.03. The molecule has 0 radical (unpaired) electrons. The largest absolute Gasteiger partial charge is 0.509 e. The zero-order valence-corrected chi connectivity index (χ0v) is 28.8. The fourth-order valence-electron chi connectivity index (χ4n) is 4.36. The minimum Gasteiger partial charge on any atom is -0.497 e. The van der Waals surface area contributed by atoms with E-state index in [1.807, 2.05) is 12.1 Å². The van der Waals surface area contributed by atoms with Crippen LogP contribution < -0.4 is 10.1 Å². The zero-order valence-electron chi connectivity index (χ0n) is 28.0. The molecule has 3 atom stereocenters. The normalized spacial score (nSPS) is 18.4. The van der Waals surface area contributed by atoms with E-state index in [0.717, 1.165) is 16.9 Å². The summed E-state index contributed by atoms with van der Waals surface area (Å²) in [5.74, 6) is -0.0700. The summed E-state index contributed by atoms with van der Waals surface area (Å²) >= 11 is 0.973. The summed E-state index contributed by atoms with van der Waals surface area (Å²) in [6.07, 6.45) is -4.59. The number of carbonyl (C=O) groups is 4. The molecule has 3 rings (SSSR count). The molecule has 2 heterocycles. The number of benzene rings is 1. The van der Waals surface area contributed by atoms with Gasteiger partial charge in [-0.15, -0.1) is 10.2 Å². The van der Waals surface area contributed by atoms with Crippen LogP contribution in [0, 0.1) is 0 Å². The molecule has 0 saturated carbocycles. The first-order chi connectivity index (χ1) is 21.2. The zero-order chi connectivity index (χ0) is 34.4. The molecule has 1 fully saturated rings. The fraction of sp³-hybridized carbons (Fsp3) is 0.613. The van der Waals surface area contributed by atoms with Gasteiger partial charge in [0.15, 0.2) is 12.2 Å². The number of carbonyl (C=O) groups excluding carboxylic acids is 4. The number of methoxy groups -OCH3 is 1. The number of hydrogen-bond acceptors (Lipinski definition) is 13. The molecular formula is C31H44N4O10S. The van der Waals surface area contributed by atoms with Crippen molar-refractivity contribution in [3.8, 4) is 5.75 Å². The molecule has 1 aromatic heterocycles. The number of rotatable bonds is 8. The Morgan fingerprint density at radius 2 is 1.48 bits per heavy atom. The molecule has 2 aromatic rings. The van der Waals surface area contributed by atoms with Gasteiger partial charge in [0.25, 0.3) is 0 Å². The van der Waals surface area contributed by atoms with Gasteiger partial charge in [0.1, 0.15) is 27.6 Å². The molecule has 0 aliphatic carbocycles. The van der Waals surface area contributed by atoms with Crippen molar-refractivity contribution in [1.29, 1.82) is 0 Å². The lowest BCUT2D eigenvalue weighted by Gasteiger charge is -2.30. The SMILES string of the molecule is COc1ccc(C[C@@H]2[C@H](OC(=O)Cc3nnc(NC(=O)OC(C)(C)C)s3)[C@@H](OC(=O)OC(C)(C)C)CN2C(=O)OC(C)(C)C)cc1. The minimum atomic E-state index is -1.10. The second kappa shape index (κ2) is 14.5. The Balaban J connectivity index is 1.87. The van der Waals surface area contributed by atoms with Gasteiger partial charge in [-0.2, -0.15) is 0 Å². The van der Waals surface area contributed by atoms with Gasteiger partial charge in [-0.05, 0) is 86.4 Å². The standard InChI is InChI=1S/C31H44N4O10S/c1-29(2,3)43-26(37)32-25-34-33-22(46-25)16-23(36)42-24-20(15-18-11-13-19(40-10)14-12-18)35(27(38)44-30(4,5)6)17-21(24)41-28(39)45-31(7,8)9/h11-14,20-21,24H,15-17H2,1-10H3,(H,32,34,37)/t20-,21+,24+/m1/s1. The molecule has 1 aromatic carbocycles. The van der Waals surface area contributed by atoms with Crippen molar-refractivity contribution in [3.63, 3.8) is 0 Å². The monoisotopic (exact) mass is 664 g/mol. The van der Waals surface area contributed by atoms with Crippen LogP contribution in [0.5, 0.6) is 5.75 Å². The van der Waals surface area contributed by atoms with Crippen LogP contribution in [0.4, 0.5) is 19.5 Å². The van der Waals surface area contributed by atoms with Crippen molar-refractivity contribution in [3.05, 3.63) is 34.8 Å². The van der Waals surface area contributed by atoms with Crippen molar-refractivity contribution in [1.82, 2.24) is 15.1 Å². The van der Waals surface area contributed by atoms with Crippen LogP contribution in [-0.2, 0) is 41.3 Å². The number of nitrogens with one attached hydrogen (secondary N) is 1. The summed E-state index contributed by atoms with van der Waals surface area (Å²) < 4.78 is 33.1. The van der Waals surface area contributed by atoms with E-state index in [9.17, 15) is 19.2 Å². The summed E-state index contributed by atoms with van der Waals surface area (Å²) in [4.78, 5) is 53.0. The minimum absolute atomic E-state index is 0.115. The predicted octanol–water partition coefficient (Wildman–Crippen LogP) is 5.53. The molecule has 0 bridgehead atoms. The molecule has 14 nitrogen and oxygen atoms in total. The van der Waals surface area contributed by atoms with Crippen molar-refractivity contribution in [2.75, 3.05) is 19.0 Å². The molecule has 15 heteroatoms. The lowest BCUT2D eigenvalue weighted by molar-refractivity contribution is -0.155. The summed E-state index contributed by atoms with van der Waals surface area (Å²) in [7, 11) is 1.55. The summed E-state index contributed by atoms with van der Waals surface area (Å²) in [6.45, 7) is 15.3. The molecule has 2 amide bonds. The Bertz CT molecular complexity index is 1380. The molecule has 0 unspecified atom stereocenters. The molecular weight excluding hydrogens is 620 g/mol. The average Bonchev–Trinajstić information content (AvgIpc) is 3.45. The van der Waals surface area contributed by atoms with Gasteiger partial charge >= 0.3 is 24.3 Å². The molecule has 0 spiro atoms. The van der Waals surface area contributed by atoms with Crippen LogP contribution in [-0.4, -0.2) is 88.1 Å². The lowest BCUT2D eigenvalue weighted by atomic mass is 10.0. The van der Waals surface area contributed by atoms with E-state index in [-0.39, 0.29) is 29.5 Å². The number of aromatic nitrogens is 2. The van der Waals surface area contributed by atoms with E-state index in [0.29, 0.717) is 5.75 Å². The van der Waals surface area contributed by atoms with E-state index < -0.39 is 59.4 Å². The van der Waals surface area contributed by atoms with Gasteiger partial charge in [0.2, 0.25) is 5.13 Å². The van der Waals surface area contributed by atoms with Crippen molar-refractivity contribution in [2.45, 2.75) is 110 Å². The van der Waals surface area contributed by atoms with Gasteiger partial charge in [-0.1, -0.05) is 23.5 Å². The molecule has 1 aliphatic rings. The average molecular weight is 665 g/mol. The van der Waals surface area contributed by atoms with Gasteiger partial charge in [0, 0.05) is 0 Å². The third-order valence-corrected chi connectivity index (χ3v) is 6.87. The highest BCUT2D eigenvalue weighted by Gasteiger charge is 2.50. The molecule has 46 heavy (non-hydrogen) atoms. The first kappa shape index (κ1) is 36.3. The van der Waals surface area contributed by atoms with Crippen molar-refractivity contribution in [2.24, 2.45) is 0 Å². The quantitative estimate of drug-likeness (QED) is 0.278. The smallest absolute Gasteiger partial charge is 0.497 e. The number of anilines is 1. The van der Waals surface area contributed by atoms with Gasteiger partial charge in [-0.3, -0.25) is 15.0 Å². The highest BCUT2D eigenvalue weighted by Crippen LogP contribution is 2.31. The maximum absolute atomic E-state index is 13.4. The van der Waals surface area contributed by atoms with Crippen LogP contribution in [0.1, 0.15) is 72.9 Å². The molecule has 254 valence electrons. The molecule has 1 N–H and O–H groups in total. The Hall–Kier alpha value is -4.14. The van der Waals surface area contributed by atoms with E-state index in [2.05, 4.69) is 15.5 Å². The van der Waals surface area contributed by atoms with E-state index >= 15 is 0 Å². The third kappa shape index (κ3) is 11.7. The van der Waals surface area contributed by atoms with E-state index in [4.69, 9.17) is 28.4 Å². The first-order valence-electron chi connectivity index (χ1n) is 14.8. The Morgan fingerprint density at radius 3 is 2.04 bits per heavy atom. The lowest BCUT2D eigenvalue weighted by Crippen LogP contribution is -2.45. The van der Waals surface area contributed by atoms with Crippen molar-refractivity contribution < 1.29 is 47.6 Å². The fourth-order valence-corrected chi connectivity index (χ4v) is 5.07. The second-order valence-electron chi connectivity index (χ2n) is 13.6. The maximum Gasteiger partial charge on any atom is 0.509 e. The molecule has 1 saturated heterocycles. The van der Waals surface area contributed by atoms with Gasteiger partial charge in [0.05, 0.1) is 26.1 Å². The summed E-state index contributed by atoms with van der Waals surface area (Å²) in [5, 5.41) is 10.7. The summed E-state index contributed by atoms with van der Waals surface area (Å²) in [5.41, 5.74) is -1.57. The number of ether oxygens (including phenoxy) is 6. The van der Waals surface area contributed by atoms with Crippen LogP contribution in [0.3, 0.4) is 0 Å². The Morgan fingerprint density at radius 1 is 0.870 bits per heavy atom. The number of esters is 1. The van der Waals surface area contributed by atoms with Gasteiger partial charge < -0.3 is 28.4 Å². The first-order valence-corrected chi connectivity index (χ1v) is 15.6. The number of likely N-dealkylation sites (tertiary alicyclic amines) is 1. The topological polar surface area (TPSA) is 165 Å².